The van der Waals surface area contributed by atoms with Gasteiger partial charge in [0.25, 0.3) is 0 Å². The molecule has 0 aliphatic heterocycles. The van der Waals surface area contributed by atoms with Gasteiger partial charge in [-0.3, -0.25) is 4.57 Å². The van der Waals surface area contributed by atoms with Crippen molar-refractivity contribution in [2.45, 2.75) is 33.1 Å². The number of benzene rings is 4. The molecule has 7 aromatic rings. The number of pyridine rings is 1. The first-order valence-electron chi connectivity index (χ1n) is 15.0. The molecule has 0 unspecified atom stereocenters. The van der Waals surface area contributed by atoms with E-state index in [1.165, 1.54) is 43.8 Å². The van der Waals surface area contributed by atoms with Gasteiger partial charge in [-0.1, -0.05) is 24.3 Å². The Balaban J connectivity index is 1.29. The van der Waals surface area contributed by atoms with Crippen molar-refractivity contribution in [1.82, 2.24) is 19.3 Å². The van der Waals surface area contributed by atoms with Crippen molar-refractivity contribution in [2.75, 3.05) is 0 Å². The molecule has 5 nitrogen and oxygen atoms in total. The third-order valence-corrected chi connectivity index (χ3v) is 8.71. The van der Waals surface area contributed by atoms with Crippen molar-refractivity contribution >= 4 is 21.8 Å². The molecule has 3 aromatic heterocycles. The standard InChI is InChI=1S/C37H25F7N4O/c1-20-21(2)34(36(39,40)41)33(35(22(20)3)37(42,43)44)23-18-46-47(19-23)25-7-6-8-26(16-25)49-27-11-12-29-28-9-4-5-10-30(28)48(31(29)17-27)32-15-24(38)13-14-45-32/h4-19H,1-3H3. The van der Waals surface area contributed by atoms with Gasteiger partial charge < -0.3 is 4.74 Å². The second-order valence-corrected chi connectivity index (χ2v) is 11.6. The Hall–Kier alpha value is -5.65. The van der Waals surface area contributed by atoms with Gasteiger partial charge in [-0.05, 0) is 73.9 Å². The van der Waals surface area contributed by atoms with Crippen LogP contribution in [-0.4, -0.2) is 19.3 Å². The zero-order valence-electron chi connectivity index (χ0n) is 26.1. The summed E-state index contributed by atoms with van der Waals surface area (Å²) in [4.78, 5) is 4.36. The number of nitrogens with zero attached hydrogens (tertiary/aromatic N) is 4. The molecule has 0 spiro atoms. The number of ether oxygens (including phenoxy) is 1. The van der Waals surface area contributed by atoms with Crippen LogP contribution in [0.5, 0.6) is 11.5 Å². The SMILES string of the molecule is Cc1c(C)c(C(F)(F)F)c(-c2cnn(-c3cccc(Oc4ccc5c6ccccc6n(-c6cc(F)ccn6)c5c4)c3)c2)c(C(F)(F)F)c1C. The molecule has 3 heterocycles. The predicted octanol–water partition coefficient (Wildman–Crippen LogP) is 10.9. The summed E-state index contributed by atoms with van der Waals surface area (Å²) in [6, 6.07) is 22.1. The molecule has 0 fully saturated rings. The number of aromatic nitrogens is 4. The van der Waals surface area contributed by atoms with Crippen LogP contribution in [0, 0.1) is 26.6 Å². The molecule has 0 saturated carbocycles. The minimum atomic E-state index is -5.05. The lowest BCUT2D eigenvalue weighted by molar-refractivity contribution is -0.142. The average molecular weight is 675 g/mol. The molecule has 12 heteroatoms. The van der Waals surface area contributed by atoms with E-state index >= 15 is 0 Å². The third kappa shape index (κ3) is 5.56. The van der Waals surface area contributed by atoms with Crippen molar-refractivity contribution in [2.24, 2.45) is 0 Å². The van der Waals surface area contributed by atoms with Crippen LogP contribution in [0.3, 0.4) is 0 Å². The molecule has 7 rings (SSSR count). The number of hydrogen-bond acceptors (Lipinski definition) is 3. The van der Waals surface area contributed by atoms with E-state index in [4.69, 9.17) is 4.74 Å². The lowest BCUT2D eigenvalue weighted by Crippen LogP contribution is -2.19. The maximum atomic E-state index is 14.3. The molecule has 0 amide bonds. The largest absolute Gasteiger partial charge is 0.457 e. The number of rotatable bonds is 5. The Morgan fingerprint density at radius 2 is 1.35 bits per heavy atom. The Morgan fingerprint density at radius 3 is 2.04 bits per heavy atom. The van der Waals surface area contributed by atoms with Gasteiger partial charge in [0.05, 0.1) is 34.0 Å². The number of halogens is 7. The Kier molecular flexibility index (Phi) is 7.49. The van der Waals surface area contributed by atoms with Gasteiger partial charge in [0, 0.05) is 52.5 Å². The van der Waals surface area contributed by atoms with Crippen LogP contribution in [0.25, 0.3) is 44.4 Å². The predicted molar refractivity (Wildman–Crippen MR) is 172 cm³/mol. The fraction of sp³-hybridized carbons (Fsp3) is 0.135. The van der Waals surface area contributed by atoms with Gasteiger partial charge in [-0.25, -0.2) is 14.1 Å². The Labute approximate surface area is 274 Å². The summed E-state index contributed by atoms with van der Waals surface area (Å²) in [5.41, 5.74) is -2.77. The van der Waals surface area contributed by atoms with Gasteiger partial charge in [-0.15, -0.1) is 0 Å². The highest BCUT2D eigenvalue weighted by Gasteiger charge is 2.44. The van der Waals surface area contributed by atoms with Crippen molar-refractivity contribution in [1.29, 1.82) is 0 Å². The molecule has 248 valence electrons. The van der Waals surface area contributed by atoms with E-state index in [2.05, 4.69) is 10.1 Å². The first-order chi connectivity index (χ1) is 23.2. The molecule has 0 N–H and O–H groups in total. The third-order valence-electron chi connectivity index (χ3n) is 8.71. The Morgan fingerprint density at radius 1 is 0.673 bits per heavy atom. The van der Waals surface area contributed by atoms with E-state index in [0.717, 1.165) is 28.7 Å². The first kappa shape index (κ1) is 31.9. The lowest BCUT2D eigenvalue weighted by Gasteiger charge is -2.24. The number of fused-ring (bicyclic) bond motifs is 3. The van der Waals surface area contributed by atoms with Crippen LogP contribution in [0.1, 0.15) is 27.8 Å². The van der Waals surface area contributed by atoms with Crippen molar-refractivity contribution < 1.29 is 35.5 Å². The van der Waals surface area contributed by atoms with E-state index in [1.54, 1.807) is 36.4 Å². The molecule has 0 bridgehead atoms. The summed E-state index contributed by atoms with van der Waals surface area (Å²) in [5.74, 6) is 0.677. The molecule has 0 saturated heterocycles. The topological polar surface area (TPSA) is 44.9 Å². The smallest absolute Gasteiger partial charge is 0.417 e. The summed E-state index contributed by atoms with van der Waals surface area (Å²) in [6.07, 6.45) is -6.58. The van der Waals surface area contributed by atoms with E-state index in [0.29, 0.717) is 28.5 Å². The second-order valence-electron chi connectivity index (χ2n) is 11.6. The fourth-order valence-electron chi connectivity index (χ4n) is 6.35. The summed E-state index contributed by atoms with van der Waals surface area (Å²) in [5, 5.41) is 5.95. The van der Waals surface area contributed by atoms with Gasteiger partial charge in [0.2, 0.25) is 0 Å². The van der Waals surface area contributed by atoms with E-state index in [1.807, 2.05) is 34.9 Å². The number of alkyl halides is 6. The van der Waals surface area contributed by atoms with Gasteiger partial charge >= 0.3 is 12.4 Å². The molecule has 0 aliphatic carbocycles. The number of para-hydroxylation sites is 1. The highest BCUT2D eigenvalue weighted by Crippen LogP contribution is 2.49. The Bertz CT molecular complexity index is 2360. The van der Waals surface area contributed by atoms with Gasteiger partial charge in [0.15, 0.2) is 0 Å². The average Bonchev–Trinajstić information content (AvgIpc) is 3.66. The van der Waals surface area contributed by atoms with Gasteiger partial charge in [0.1, 0.15) is 23.1 Å². The quantitative estimate of drug-likeness (QED) is 0.171. The molecular weight excluding hydrogens is 649 g/mol. The molecule has 0 radical (unpaired) electrons. The summed E-state index contributed by atoms with van der Waals surface area (Å²) >= 11 is 0. The zero-order chi connectivity index (χ0) is 34.8. The first-order valence-corrected chi connectivity index (χ1v) is 15.0. The van der Waals surface area contributed by atoms with Crippen LogP contribution in [0.2, 0.25) is 0 Å². The maximum absolute atomic E-state index is 14.3. The van der Waals surface area contributed by atoms with Gasteiger partial charge in [-0.2, -0.15) is 31.4 Å². The van der Waals surface area contributed by atoms with Crippen LogP contribution in [-0.2, 0) is 12.4 Å². The summed E-state index contributed by atoms with van der Waals surface area (Å²) in [6.45, 7) is 3.60. The molecule has 4 aromatic carbocycles. The van der Waals surface area contributed by atoms with Crippen LogP contribution in [0.4, 0.5) is 30.7 Å². The van der Waals surface area contributed by atoms with Crippen molar-refractivity contribution in [3.8, 4) is 34.1 Å². The normalized spacial score (nSPS) is 12.3. The van der Waals surface area contributed by atoms with E-state index in [-0.39, 0.29) is 22.3 Å². The summed E-state index contributed by atoms with van der Waals surface area (Å²) < 4.78 is 109. The van der Waals surface area contributed by atoms with Crippen molar-refractivity contribution in [3.05, 3.63) is 131 Å². The second kappa shape index (κ2) is 11.5. The fourth-order valence-corrected chi connectivity index (χ4v) is 6.35. The lowest BCUT2D eigenvalue weighted by atomic mass is 9.85. The minimum Gasteiger partial charge on any atom is -0.457 e. The minimum absolute atomic E-state index is 0.0774. The maximum Gasteiger partial charge on any atom is 0.417 e. The highest BCUT2D eigenvalue weighted by atomic mass is 19.4. The number of hydrogen-bond donors (Lipinski definition) is 0. The van der Waals surface area contributed by atoms with Crippen molar-refractivity contribution in [3.63, 3.8) is 0 Å². The van der Waals surface area contributed by atoms with Crippen LogP contribution < -0.4 is 4.74 Å². The zero-order valence-corrected chi connectivity index (χ0v) is 26.1. The monoisotopic (exact) mass is 674 g/mol. The highest BCUT2D eigenvalue weighted by molar-refractivity contribution is 6.09. The van der Waals surface area contributed by atoms with Crippen LogP contribution >= 0.6 is 0 Å². The summed E-state index contributed by atoms with van der Waals surface area (Å²) in [7, 11) is 0. The molecule has 0 atom stereocenters. The van der Waals surface area contributed by atoms with Crippen LogP contribution in [0.15, 0.2) is 97.5 Å². The molecular formula is C37H25F7N4O. The van der Waals surface area contributed by atoms with E-state index < -0.39 is 34.9 Å². The van der Waals surface area contributed by atoms with E-state index in [9.17, 15) is 30.7 Å². The molecule has 0 aliphatic rings. The molecule has 49 heavy (non-hydrogen) atoms.